The van der Waals surface area contributed by atoms with Crippen LogP contribution in [0.1, 0.15) is 59.8 Å². The molecule has 0 heterocycles. The molecule has 0 saturated carbocycles. The van der Waals surface area contributed by atoms with E-state index >= 15 is 0 Å². The maximum atomic E-state index is 9.29. The smallest absolute Gasteiger partial charge is 0.500 e. The largest absolute Gasteiger partial charge is 0.553 e. The molecular formula is C39H94O18Si3Y3-6. The van der Waals surface area contributed by atoms with Crippen LogP contribution in [-0.2, 0) is 166 Å². The van der Waals surface area contributed by atoms with E-state index in [-0.39, 0.29) is 160 Å². The van der Waals surface area contributed by atoms with Gasteiger partial charge in [0.05, 0.1) is 38.1 Å². The Hall–Kier alpha value is 3.24. The van der Waals surface area contributed by atoms with E-state index in [1.165, 1.54) is 12.8 Å². The number of ether oxygens (including phenoxy) is 6. The quantitative estimate of drug-likeness (QED) is 0.0423. The van der Waals surface area contributed by atoms with Crippen LogP contribution in [0.4, 0.5) is 0 Å². The molecule has 0 aliphatic heterocycles. The topological polar surface area (TPSA) is 199 Å². The zero-order valence-electron chi connectivity index (χ0n) is 42.6. The molecule has 18 nitrogen and oxygen atoms in total. The van der Waals surface area contributed by atoms with E-state index in [2.05, 4.69) is 63.2 Å². The Morgan fingerprint density at radius 3 is 0.651 bits per heavy atom. The fraction of sp³-hybridized carbons (Fsp3) is 0.846. The normalized spacial score (nSPS) is 11.9. The molecule has 3 unspecified atom stereocenters. The van der Waals surface area contributed by atoms with Gasteiger partial charge in [-0.2, -0.15) is 0 Å². The van der Waals surface area contributed by atoms with Gasteiger partial charge >= 0.3 is 26.4 Å². The van der Waals surface area contributed by atoms with Crippen LogP contribution in [0, 0.1) is 43.6 Å². The Morgan fingerprint density at radius 1 is 0.365 bits per heavy atom. The zero-order valence-corrected chi connectivity index (χ0v) is 54.1. The molecule has 3 N–H and O–H groups in total. The maximum absolute atomic E-state index is 9.29. The number of rotatable bonds is 33. The summed E-state index contributed by atoms with van der Waals surface area (Å²) in [5.74, 6) is 0. The SMILES string of the molecule is CCC.CCC.[CH2-]OCC(O)COCCC[Si](OC)(OC)OC.[CH2-]OCC(O)COCCC[Si](OC)(OC)OC.[CH2-]OCC(O)COCCC[Si](OC)(OC)OC.[CH3-].[CH3-].[CH3-].[Y].[Y].[Y]. The van der Waals surface area contributed by atoms with Gasteiger partial charge < -0.3 is 106 Å². The van der Waals surface area contributed by atoms with Gasteiger partial charge in [0.25, 0.3) is 0 Å². The Morgan fingerprint density at radius 2 is 0.524 bits per heavy atom. The van der Waals surface area contributed by atoms with Crippen molar-refractivity contribution in [3.63, 3.8) is 0 Å². The third-order valence-corrected chi connectivity index (χ3v) is 15.5. The average Bonchev–Trinajstić information content (AvgIpc) is 3.21. The predicted molar refractivity (Wildman–Crippen MR) is 244 cm³/mol. The number of hydrogen-bond donors (Lipinski definition) is 3. The zero-order chi connectivity index (χ0) is 44.9. The van der Waals surface area contributed by atoms with Crippen LogP contribution in [0.3, 0.4) is 0 Å². The van der Waals surface area contributed by atoms with Crippen LogP contribution < -0.4 is 0 Å². The van der Waals surface area contributed by atoms with Crippen LogP contribution in [0.15, 0.2) is 0 Å². The van der Waals surface area contributed by atoms with Gasteiger partial charge in [-0.1, -0.05) is 40.5 Å². The molecule has 0 aliphatic rings. The van der Waals surface area contributed by atoms with E-state index in [9.17, 15) is 15.3 Å². The second-order valence-electron chi connectivity index (χ2n) is 11.9. The van der Waals surface area contributed by atoms with E-state index in [0.717, 1.165) is 19.3 Å². The van der Waals surface area contributed by atoms with E-state index in [0.29, 0.717) is 38.0 Å². The minimum Gasteiger partial charge on any atom is -0.553 e. The summed E-state index contributed by atoms with van der Waals surface area (Å²) in [5, 5.41) is 27.9. The maximum Gasteiger partial charge on any atom is 0.500 e. The molecule has 63 heavy (non-hydrogen) atoms. The molecule has 3 atom stereocenters. The molecular weight excluding hydrogens is 1110 g/mol. The molecule has 0 amide bonds. The Balaban J connectivity index is -0.0000000641. The molecule has 0 saturated heterocycles. The first-order valence-electron chi connectivity index (χ1n) is 19.1. The van der Waals surface area contributed by atoms with E-state index in [1.54, 1.807) is 64.0 Å². The standard InChI is InChI=1S/3C10H23O6Si.2C3H8.3CH3.3Y/c3*1-12-8-10(11)9-16-6-5-7-17(13-2,14-3)15-4;2*1-3-2;;;;;;/h3*10-11H,1,5-9H2,2-4H3;2*3H2,1-2H3;3*1H3;;;/q3*-1;;;3*-1;;;. The average molecular weight is 1200 g/mol. The number of hydrogen-bond acceptors (Lipinski definition) is 18. The molecule has 0 aromatic carbocycles. The monoisotopic (exact) mass is 1200 g/mol. The van der Waals surface area contributed by atoms with Crippen molar-refractivity contribution in [2.75, 3.05) is 123 Å². The molecule has 0 aromatic rings. The van der Waals surface area contributed by atoms with Crippen molar-refractivity contribution in [1.29, 1.82) is 0 Å². The summed E-state index contributed by atoms with van der Waals surface area (Å²) < 4.78 is 76.8. The summed E-state index contributed by atoms with van der Waals surface area (Å²) in [7, 11) is 16.3. The Bertz CT molecular complexity index is 645. The molecule has 0 aliphatic carbocycles. The van der Waals surface area contributed by atoms with Gasteiger partial charge in [-0.05, 0) is 19.3 Å². The van der Waals surface area contributed by atoms with E-state index in [4.69, 9.17) is 54.0 Å². The van der Waals surface area contributed by atoms with Crippen molar-refractivity contribution in [3.05, 3.63) is 43.6 Å². The van der Waals surface area contributed by atoms with Gasteiger partial charge in [-0.25, -0.2) is 21.3 Å². The van der Waals surface area contributed by atoms with Crippen molar-refractivity contribution in [2.45, 2.75) is 96.2 Å². The molecule has 3 radical (unpaired) electrons. The second kappa shape index (κ2) is 69.5. The van der Waals surface area contributed by atoms with Gasteiger partial charge in [0.15, 0.2) is 0 Å². The first-order valence-corrected chi connectivity index (χ1v) is 24.9. The van der Waals surface area contributed by atoms with Gasteiger partial charge in [0.2, 0.25) is 0 Å². The molecule has 24 heteroatoms. The number of aliphatic hydroxyl groups is 3. The van der Waals surface area contributed by atoms with E-state index < -0.39 is 44.7 Å². The fourth-order valence-corrected chi connectivity index (χ4v) is 9.12. The van der Waals surface area contributed by atoms with Crippen molar-refractivity contribution >= 4 is 26.4 Å². The number of aliphatic hydroxyl groups excluding tert-OH is 3. The van der Waals surface area contributed by atoms with Crippen molar-refractivity contribution in [3.8, 4) is 0 Å². The summed E-state index contributed by atoms with van der Waals surface area (Å²) >= 11 is 0. The summed E-state index contributed by atoms with van der Waals surface area (Å²) in [5.41, 5.74) is 0. The van der Waals surface area contributed by atoms with E-state index in [1.807, 2.05) is 0 Å². The van der Waals surface area contributed by atoms with Crippen LogP contribution in [0.25, 0.3) is 0 Å². The molecule has 385 valence electrons. The van der Waals surface area contributed by atoms with Gasteiger partial charge in [0.1, 0.15) is 0 Å². The van der Waals surface area contributed by atoms with Gasteiger partial charge in [-0.3, -0.25) is 0 Å². The third kappa shape index (κ3) is 59.5. The van der Waals surface area contributed by atoms with Crippen LogP contribution in [0.5, 0.6) is 0 Å². The summed E-state index contributed by atoms with van der Waals surface area (Å²) in [6, 6.07) is 2.04. The second-order valence-corrected chi connectivity index (χ2v) is 21.2. The first kappa shape index (κ1) is 92.4. The third-order valence-electron chi connectivity index (χ3n) is 6.98. The summed E-state index contributed by atoms with van der Waals surface area (Å²) in [6.07, 6.45) is 2.84. The minimum atomic E-state index is -2.49. The van der Waals surface area contributed by atoms with Crippen LogP contribution in [-0.4, -0.2) is 183 Å². The van der Waals surface area contributed by atoms with Gasteiger partial charge in [0, 0.05) is 220 Å². The molecule has 0 spiro atoms. The molecule has 0 rings (SSSR count). The summed E-state index contributed by atoms with van der Waals surface area (Å²) in [6.45, 7) is 11.3. The van der Waals surface area contributed by atoms with Crippen molar-refractivity contribution in [2.24, 2.45) is 0 Å². The first-order chi connectivity index (χ1) is 27.2. The Kier molecular flexibility index (Phi) is 102. The van der Waals surface area contributed by atoms with Crippen molar-refractivity contribution < 1.29 is 182 Å². The van der Waals surface area contributed by atoms with Gasteiger partial charge in [-0.15, -0.1) is 0 Å². The molecule has 0 fully saturated rings. The fourth-order valence-electron chi connectivity index (χ4n) is 4.05. The van der Waals surface area contributed by atoms with Crippen LogP contribution >= 0.6 is 0 Å². The molecule has 0 bridgehead atoms. The Labute approximate surface area is 466 Å². The van der Waals surface area contributed by atoms with Crippen molar-refractivity contribution in [1.82, 2.24) is 0 Å². The minimum absolute atomic E-state index is 0. The molecule has 0 aromatic heterocycles. The summed E-state index contributed by atoms with van der Waals surface area (Å²) in [4.78, 5) is 0. The predicted octanol–water partition coefficient (Wildman–Crippen LogP) is 5.50. The van der Waals surface area contributed by atoms with Crippen LogP contribution in [0.2, 0.25) is 18.1 Å².